The number of likely N-dealkylation sites (N-methyl/N-ethyl adjacent to an activating group) is 1. The van der Waals surface area contributed by atoms with Gasteiger partial charge in [0.15, 0.2) is 0 Å². The van der Waals surface area contributed by atoms with Crippen LogP contribution in [0.25, 0.3) is 0 Å². The van der Waals surface area contributed by atoms with Crippen LogP contribution in [0.3, 0.4) is 0 Å². The highest BCUT2D eigenvalue weighted by Crippen LogP contribution is 2.33. The van der Waals surface area contributed by atoms with Gasteiger partial charge in [-0.1, -0.05) is 85.3 Å². The van der Waals surface area contributed by atoms with Crippen LogP contribution >= 0.6 is 0 Å². The Bertz CT molecular complexity index is 1400. The van der Waals surface area contributed by atoms with Gasteiger partial charge >= 0.3 is 5.97 Å². The molecule has 0 radical (unpaired) electrons. The van der Waals surface area contributed by atoms with Crippen LogP contribution in [0.15, 0.2) is 95.9 Å². The molecule has 0 spiro atoms. The molecule has 1 aliphatic carbocycles. The molecule has 8 heteroatoms. The zero-order chi connectivity index (χ0) is 30.2. The molecule has 3 aromatic rings. The summed E-state index contributed by atoms with van der Waals surface area (Å²) in [4.78, 5) is 18.5. The smallest absolute Gasteiger partial charge is 0.309 e. The second kappa shape index (κ2) is 14.6. The van der Waals surface area contributed by atoms with E-state index in [4.69, 9.17) is 4.74 Å². The topological polar surface area (TPSA) is 70.2 Å². The van der Waals surface area contributed by atoms with Crippen molar-refractivity contribution in [2.45, 2.75) is 68.2 Å². The number of carbonyl (C=O) groups is 1. The van der Waals surface area contributed by atoms with Crippen LogP contribution < -0.4 is 0 Å². The monoisotopic (exact) mass is 603 g/mol. The number of ether oxygens (including phenoxy) is 1. The van der Waals surface area contributed by atoms with E-state index in [9.17, 15) is 13.2 Å². The molecule has 3 unspecified atom stereocenters. The van der Waals surface area contributed by atoms with Gasteiger partial charge in [0, 0.05) is 32.7 Å². The largest absolute Gasteiger partial charge is 0.461 e. The summed E-state index contributed by atoms with van der Waals surface area (Å²) in [5.41, 5.74) is 2.14. The number of sulfonamides is 1. The molecular weight excluding hydrogens is 558 g/mol. The maximum atomic E-state index is 13.4. The Morgan fingerprint density at radius 1 is 0.907 bits per heavy atom. The van der Waals surface area contributed by atoms with Crippen LogP contribution in [-0.4, -0.2) is 74.4 Å². The highest BCUT2D eigenvalue weighted by Gasteiger charge is 2.38. The third-order valence-corrected chi connectivity index (χ3v) is 11.2. The summed E-state index contributed by atoms with van der Waals surface area (Å²) < 4.78 is 34.0. The van der Waals surface area contributed by atoms with Crippen molar-refractivity contribution in [3.8, 4) is 0 Å². The summed E-state index contributed by atoms with van der Waals surface area (Å²) >= 11 is 0. The minimum absolute atomic E-state index is 0.0351. The van der Waals surface area contributed by atoms with Crippen molar-refractivity contribution < 1.29 is 17.9 Å². The molecule has 0 amide bonds. The standard InChI is InChI=1S/C35H45N3O4S/c1-36(43(40,41)33-19-10-5-11-20-33)26-31(29-15-8-4-9-16-29)22-24-38-23-21-30(25-34(38)37(2)32-17-12-18-32)35(39)42-27-28-13-6-3-7-14-28/h3-11,13-16,19-20,30-32,34H,12,17-18,21-27H2,1-2H3. The van der Waals surface area contributed by atoms with E-state index in [1.54, 1.807) is 31.3 Å². The third kappa shape index (κ3) is 7.92. The zero-order valence-electron chi connectivity index (χ0n) is 25.4. The van der Waals surface area contributed by atoms with E-state index in [0.29, 0.717) is 24.1 Å². The molecule has 1 saturated heterocycles. The summed E-state index contributed by atoms with van der Waals surface area (Å²) in [6.45, 7) is 2.34. The molecule has 0 N–H and O–H groups in total. The number of carbonyl (C=O) groups excluding carboxylic acids is 1. The van der Waals surface area contributed by atoms with Gasteiger partial charge in [-0.05, 0) is 68.3 Å². The zero-order valence-corrected chi connectivity index (χ0v) is 26.2. The molecule has 5 rings (SSSR count). The average Bonchev–Trinajstić information content (AvgIpc) is 3.02. The Kier molecular flexibility index (Phi) is 10.7. The summed E-state index contributed by atoms with van der Waals surface area (Å²) in [5.74, 6) is -0.196. The van der Waals surface area contributed by atoms with Crippen LogP contribution in [0, 0.1) is 5.92 Å². The quantitative estimate of drug-likeness (QED) is 0.232. The first kappa shape index (κ1) is 31.4. The lowest BCUT2D eigenvalue weighted by molar-refractivity contribution is -0.154. The minimum atomic E-state index is -3.60. The molecule has 2 fully saturated rings. The fourth-order valence-electron chi connectivity index (χ4n) is 6.37. The molecular formula is C35H45N3O4S. The molecule has 0 aromatic heterocycles. The van der Waals surface area contributed by atoms with Crippen molar-refractivity contribution in [2.75, 3.05) is 33.7 Å². The Morgan fingerprint density at radius 3 is 2.16 bits per heavy atom. The summed E-state index contributed by atoms with van der Waals surface area (Å²) in [5, 5.41) is 0. The highest BCUT2D eigenvalue weighted by molar-refractivity contribution is 7.89. The van der Waals surface area contributed by atoms with Crippen LogP contribution in [0.2, 0.25) is 0 Å². The van der Waals surface area contributed by atoms with Gasteiger partial charge in [-0.2, -0.15) is 0 Å². The van der Waals surface area contributed by atoms with E-state index in [2.05, 4.69) is 29.0 Å². The van der Waals surface area contributed by atoms with Crippen molar-refractivity contribution in [1.29, 1.82) is 0 Å². The van der Waals surface area contributed by atoms with Gasteiger partial charge in [0.25, 0.3) is 0 Å². The van der Waals surface area contributed by atoms with E-state index >= 15 is 0 Å². The van der Waals surface area contributed by atoms with Gasteiger partial charge in [0.2, 0.25) is 10.0 Å². The van der Waals surface area contributed by atoms with Crippen molar-refractivity contribution in [1.82, 2.24) is 14.1 Å². The molecule has 3 aromatic carbocycles. The highest BCUT2D eigenvalue weighted by atomic mass is 32.2. The number of hydrogen-bond donors (Lipinski definition) is 0. The molecule has 1 aliphatic heterocycles. The van der Waals surface area contributed by atoms with E-state index < -0.39 is 10.0 Å². The lowest BCUT2D eigenvalue weighted by Crippen LogP contribution is -2.57. The second-order valence-corrected chi connectivity index (χ2v) is 14.1. The number of hydrogen-bond acceptors (Lipinski definition) is 6. The second-order valence-electron chi connectivity index (χ2n) is 12.1. The van der Waals surface area contributed by atoms with Gasteiger partial charge in [0.05, 0.1) is 17.0 Å². The number of piperidine rings is 1. The maximum Gasteiger partial charge on any atom is 0.309 e. The maximum absolute atomic E-state index is 13.4. The summed E-state index contributed by atoms with van der Waals surface area (Å²) in [6, 6.07) is 29.3. The number of benzene rings is 3. The molecule has 1 heterocycles. The van der Waals surface area contributed by atoms with E-state index in [1.165, 1.54) is 23.6 Å². The van der Waals surface area contributed by atoms with Crippen molar-refractivity contribution in [2.24, 2.45) is 5.92 Å². The first-order valence-electron chi connectivity index (χ1n) is 15.6. The van der Waals surface area contributed by atoms with E-state index in [-0.39, 0.29) is 24.0 Å². The SMILES string of the molecule is CN(C1CCC1)C1CC(C(=O)OCc2ccccc2)CCN1CCC(CN(C)S(=O)(=O)c1ccccc1)c1ccccc1. The number of rotatable bonds is 13. The van der Waals surface area contributed by atoms with Crippen molar-refractivity contribution in [3.05, 3.63) is 102 Å². The normalized spacial score (nSPS) is 20.6. The predicted octanol–water partition coefficient (Wildman–Crippen LogP) is 5.75. The molecule has 43 heavy (non-hydrogen) atoms. The predicted molar refractivity (Wildman–Crippen MR) is 170 cm³/mol. The van der Waals surface area contributed by atoms with Crippen LogP contribution in [0.5, 0.6) is 0 Å². The Hall–Kier alpha value is -3.04. The van der Waals surface area contributed by atoms with Gasteiger partial charge in [-0.3, -0.25) is 14.6 Å². The Balaban J connectivity index is 1.27. The minimum Gasteiger partial charge on any atom is -0.461 e. The van der Waals surface area contributed by atoms with Crippen LogP contribution in [0.1, 0.15) is 55.6 Å². The summed E-state index contributed by atoms with van der Waals surface area (Å²) in [7, 11) is 0.282. The van der Waals surface area contributed by atoms with Gasteiger partial charge in [0.1, 0.15) is 6.61 Å². The Morgan fingerprint density at radius 2 is 1.53 bits per heavy atom. The van der Waals surface area contributed by atoms with Crippen molar-refractivity contribution in [3.63, 3.8) is 0 Å². The molecule has 3 atom stereocenters. The first-order valence-corrected chi connectivity index (χ1v) is 17.0. The number of nitrogens with zero attached hydrogens (tertiary/aromatic N) is 3. The van der Waals surface area contributed by atoms with E-state index in [0.717, 1.165) is 43.5 Å². The molecule has 0 bridgehead atoms. The molecule has 1 saturated carbocycles. The lowest BCUT2D eigenvalue weighted by atomic mass is 9.87. The summed E-state index contributed by atoms with van der Waals surface area (Å²) in [6.07, 6.45) is 6.12. The van der Waals surface area contributed by atoms with Gasteiger partial charge in [-0.25, -0.2) is 12.7 Å². The third-order valence-electron chi connectivity index (χ3n) is 9.32. The number of esters is 1. The fourth-order valence-corrected chi connectivity index (χ4v) is 7.60. The average molecular weight is 604 g/mol. The van der Waals surface area contributed by atoms with Gasteiger partial charge < -0.3 is 4.74 Å². The van der Waals surface area contributed by atoms with E-state index in [1.807, 2.05) is 54.6 Å². The molecule has 2 aliphatic rings. The van der Waals surface area contributed by atoms with Crippen LogP contribution in [-0.2, 0) is 26.2 Å². The Labute approximate surface area is 257 Å². The fraction of sp³-hybridized carbons (Fsp3) is 0.457. The lowest BCUT2D eigenvalue weighted by Gasteiger charge is -2.48. The number of likely N-dealkylation sites (tertiary alicyclic amines) is 1. The van der Waals surface area contributed by atoms with Crippen LogP contribution in [0.4, 0.5) is 0 Å². The molecule has 230 valence electrons. The molecule has 7 nitrogen and oxygen atoms in total. The van der Waals surface area contributed by atoms with Gasteiger partial charge in [-0.15, -0.1) is 0 Å². The first-order chi connectivity index (χ1) is 20.8. The van der Waals surface area contributed by atoms with Crippen molar-refractivity contribution >= 4 is 16.0 Å².